The third kappa shape index (κ3) is 5.25. The minimum Gasteiger partial charge on any atom is -0.380 e. The smallest absolute Gasteiger partial charge is 0.0593 e. The summed E-state index contributed by atoms with van der Waals surface area (Å²) in [5, 5.41) is 0. The van der Waals surface area contributed by atoms with E-state index in [0.717, 1.165) is 44.1 Å². The summed E-state index contributed by atoms with van der Waals surface area (Å²) < 4.78 is 5.69. The molecule has 0 bridgehead atoms. The Balaban J connectivity index is 1.49. The van der Waals surface area contributed by atoms with E-state index in [1.165, 1.54) is 45.1 Å². The molecule has 0 radical (unpaired) electrons. The van der Waals surface area contributed by atoms with Crippen LogP contribution in [0.5, 0.6) is 0 Å². The van der Waals surface area contributed by atoms with Crippen molar-refractivity contribution in [1.82, 2.24) is 4.90 Å². The highest BCUT2D eigenvalue weighted by Gasteiger charge is 2.22. The zero-order valence-corrected chi connectivity index (χ0v) is 11.9. The van der Waals surface area contributed by atoms with Crippen LogP contribution in [0.4, 0.5) is 0 Å². The van der Waals surface area contributed by atoms with Crippen molar-refractivity contribution in [2.75, 3.05) is 39.9 Å². The van der Waals surface area contributed by atoms with Gasteiger partial charge in [0, 0.05) is 19.7 Å². The number of hydrogen-bond donors (Lipinski definition) is 1. The highest BCUT2D eigenvalue weighted by atomic mass is 16.5. The molecule has 2 aliphatic rings. The topological polar surface area (TPSA) is 38.5 Å². The van der Waals surface area contributed by atoms with Crippen molar-refractivity contribution in [3.63, 3.8) is 0 Å². The zero-order chi connectivity index (χ0) is 12.8. The van der Waals surface area contributed by atoms with Crippen LogP contribution in [0.15, 0.2) is 0 Å². The van der Waals surface area contributed by atoms with Crippen LogP contribution in [0, 0.1) is 17.8 Å². The van der Waals surface area contributed by atoms with Crippen molar-refractivity contribution < 1.29 is 4.74 Å². The van der Waals surface area contributed by atoms with Gasteiger partial charge in [0.25, 0.3) is 0 Å². The fourth-order valence-electron chi connectivity index (χ4n) is 2.94. The number of ether oxygens (including phenoxy) is 1. The SMILES string of the molecule is CN(CCOCC1CC1)CC1CCC(CN)CC1. The minimum absolute atomic E-state index is 0.799. The molecule has 2 fully saturated rings. The van der Waals surface area contributed by atoms with Crippen LogP contribution >= 0.6 is 0 Å². The number of nitrogens with zero attached hydrogens (tertiary/aromatic N) is 1. The zero-order valence-electron chi connectivity index (χ0n) is 11.9. The van der Waals surface area contributed by atoms with E-state index in [2.05, 4.69) is 11.9 Å². The lowest BCUT2D eigenvalue weighted by molar-refractivity contribution is 0.0951. The van der Waals surface area contributed by atoms with E-state index < -0.39 is 0 Å². The molecular weight excluding hydrogens is 224 g/mol. The predicted octanol–water partition coefficient (Wildman–Crippen LogP) is 2.11. The predicted molar refractivity (Wildman–Crippen MR) is 75.5 cm³/mol. The molecule has 18 heavy (non-hydrogen) atoms. The highest BCUT2D eigenvalue weighted by Crippen LogP contribution is 2.29. The van der Waals surface area contributed by atoms with Crippen molar-refractivity contribution in [1.29, 1.82) is 0 Å². The Hall–Kier alpha value is -0.120. The first kappa shape index (κ1) is 14.3. The quantitative estimate of drug-likeness (QED) is 0.674. The molecule has 2 aliphatic carbocycles. The molecule has 0 amide bonds. The van der Waals surface area contributed by atoms with E-state index in [1.807, 2.05) is 0 Å². The van der Waals surface area contributed by atoms with Crippen LogP contribution in [-0.4, -0.2) is 44.8 Å². The summed E-state index contributed by atoms with van der Waals surface area (Å²) >= 11 is 0. The van der Waals surface area contributed by atoms with Crippen molar-refractivity contribution in [3.8, 4) is 0 Å². The average Bonchev–Trinajstić information content (AvgIpc) is 3.20. The molecule has 3 nitrogen and oxygen atoms in total. The molecule has 2 saturated carbocycles. The van der Waals surface area contributed by atoms with Crippen molar-refractivity contribution in [2.24, 2.45) is 23.5 Å². The van der Waals surface area contributed by atoms with E-state index in [9.17, 15) is 0 Å². The van der Waals surface area contributed by atoms with Crippen LogP contribution in [0.2, 0.25) is 0 Å². The molecule has 0 aromatic carbocycles. The number of likely N-dealkylation sites (N-methyl/N-ethyl adjacent to an activating group) is 1. The Morgan fingerprint density at radius 1 is 1.00 bits per heavy atom. The van der Waals surface area contributed by atoms with Gasteiger partial charge >= 0.3 is 0 Å². The molecule has 0 atom stereocenters. The van der Waals surface area contributed by atoms with Gasteiger partial charge in [-0.1, -0.05) is 0 Å². The molecule has 3 heteroatoms. The second-order valence-electron chi connectivity index (χ2n) is 6.40. The van der Waals surface area contributed by atoms with E-state index in [4.69, 9.17) is 10.5 Å². The highest BCUT2D eigenvalue weighted by molar-refractivity contribution is 4.75. The average molecular weight is 254 g/mol. The lowest BCUT2D eigenvalue weighted by atomic mass is 9.82. The fourth-order valence-corrected chi connectivity index (χ4v) is 2.94. The molecular formula is C15H30N2O. The number of rotatable bonds is 8. The number of hydrogen-bond acceptors (Lipinski definition) is 3. The Morgan fingerprint density at radius 3 is 2.22 bits per heavy atom. The lowest BCUT2D eigenvalue weighted by Gasteiger charge is -2.30. The van der Waals surface area contributed by atoms with Crippen molar-refractivity contribution in [3.05, 3.63) is 0 Å². The summed E-state index contributed by atoms with van der Waals surface area (Å²) in [6.07, 6.45) is 8.20. The Bertz CT molecular complexity index is 223. The normalized spacial score (nSPS) is 28.8. The Kier molecular flexibility index (Phi) is 5.93. The van der Waals surface area contributed by atoms with Gasteiger partial charge in [-0.05, 0) is 69.9 Å². The van der Waals surface area contributed by atoms with Crippen LogP contribution in [0.1, 0.15) is 38.5 Å². The maximum Gasteiger partial charge on any atom is 0.0593 e. The lowest BCUT2D eigenvalue weighted by Crippen LogP contribution is -2.32. The summed E-state index contributed by atoms with van der Waals surface area (Å²) in [5.74, 6) is 2.58. The van der Waals surface area contributed by atoms with Crippen LogP contribution in [0.25, 0.3) is 0 Å². The maximum absolute atomic E-state index is 5.73. The first-order chi connectivity index (χ1) is 8.78. The van der Waals surface area contributed by atoms with Crippen molar-refractivity contribution >= 4 is 0 Å². The first-order valence-electron chi connectivity index (χ1n) is 7.74. The maximum atomic E-state index is 5.73. The van der Waals surface area contributed by atoms with Gasteiger partial charge in [0.15, 0.2) is 0 Å². The minimum atomic E-state index is 0.799. The molecule has 106 valence electrons. The van der Waals surface area contributed by atoms with E-state index in [-0.39, 0.29) is 0 Å². The van der Waals surface area contributed by atoms with E-state index >= 15 is 0 Å². The van der Waals surface area contributed by atoms with Gasteiger partial charge in [-0.3, -0.25) is 0 Å². The van der Waals surface area contributed by atoms with E-state index in [0.29, 0.717) is 0 Å². The molecule has 0 heterocycles. The standard InChI is InChI=1S/C15H30N2O/c1-17(8-9-18-12-15-6-7-15)11-14-4-2-13(10-16)3-5-14/h13-15H,2-12,16H2,1H3. The number of nitrogens with two attached hydrogens (primary N) is 1. The van der Waals surface area contributed by atoms with Gasteiger partial charge in [-0.25, -0.2) is 0 Å². The fraction of sp³-hybridized carbons (Fsp3) is 1.00. The van der Waals surface area contributed by atoms with E-state index in [1.54, 1.807) is 0 Å². The van der Waals surface area contributed by atoms with Crippen LogP contribution in [-0.2, 0) is 4.74 Å². The monoisotopic (exact) mass is 254 g/mol. The molecule has 0 spiro atoms. The molecule has 0 saturated heterocycles. The first-order valence-corrected chi connectivity index (χ1v) is 7.74. The van der Waals surface area contributed by atoms with Crippen LogP contribution in [0.3, 0.4) is 0 Å². The second kappa shape index (κ2) is 7.46. The summed E-state index contributed by atoms with van der Waals surface area (Å²) in [7, 11) is 2.23. The molecule has 0 aromatic heterocycles. The van der Waals surface area contributed by atoms with Gasteiger partial charge in [0.2, 0.25) is 0 Å². The summed E-state index contributed by atoms with van der Waals surface area (Å²) in [4.78, 5) is 2.44. The van der Waals surface area contributed by atoms with Gasteiger partial charge < -0.3 is 15.4 Å². The largest absolute Gasteiger partial charge is 0.380 e. The molecule has 0 aromatic rings. The van der Waals surface area contributed by atoms with Gasteiger partial charge in [0.1, 0.15) is 0 Å². The molecule has 2 rings (SSSR count). The summed E-state index contributed by atoms with van der Waals surface area (Å²) in [6.45, 7) is 5.12. The van der Waals surface area contributed by atoms with Gasteiger partial charge in [0.05, 0.1) is 6.61 Å². The third-order valence-electron chi connectivity index (χ3n) is 4.54. The van der Waals surface area contributed by atoms with Gasteiger partial charge in [-0.2, -0.15) is 0 Å². The Morgan fingerprint density at radius 2 is 1.61 bits per heavy atom. The summed E-state index contributed by atoms with van der Waals surface area (Å²) in [6, 6.07) is 0. The van der Waals surface area contributed by atoms with Gasteiger partial charge in [-0.15, -0.1) is 0 Å². The van der Waals surface area contributed by atoms with Crippen LogP contribution < -0.4 is 5.73 Å². The van der Waals surface area contributed by atoms with Crippen molar-refractivity contribution in [2.45, 2.75) is 38.5 Å². The molecule has 0 aliphatic heterocycles. The molecule has 2 N–H and O–H groups in total. The molecule has 0 unspecified atom stereocenters. The third-order valence-corrected chi connectivity index (χ3v) is 4.54. The Labute approximate surface area is 112 Å². The summed E-state index contributed by atoms with van der Waals surface area (Å²) in [5.41, 5.74) is 5.73. The second-order valence-corrected chi connectivity index (χ2v) is 6.40.